The Morgan fingerprint density at radius 2 is 1.70 bits per heavy atom. The molecule has 0 amide bonds. The lowest BCUT2D eigenvalue weighted by Crippen LogP contribution is -2.30. The normalized spacial score (nSPS) is 16.3. The molecule has 0 radical (unpaired) electrons. The van der Waals surface area contributed by atoms with Crippen molar-refractivity contribution < 1.29 is 12.8 Å². The van der Waals surface area contributed by atoms with Gasteiger partial charge >= 0.3 is 0 Å². The maximum atomic E-state index is 12.1. The predicted octanol–water partition coefficient (Wildman–Crippen LogP) is 5.27. The standard InChI is InChI=1S/C26H28N2O3S2/c1-33(29,30)26-6-3-2-5-21(26)17-27-10-4-11-28(13-12-27)18-24-16-23-15-20(7-8-25(23)31-24)22-9-14-32-19-22/h2-3,5-9,14-16,19H,4,10-13,17-18H2,1H3. The summed E-state index contributed by atoms with van der Waals surface area (Å²) in [5.41, 5.74) is 4.27. The van der Waals surface area contributed by atoms with Gasteiger partial charge in [-0.05, 0) is 77.3 Å². The van der Waals surface area contributed by atoms with Crippen molar-refractivity contribution in [1.82, 2.24) is 9.80 Å². The molecular weight excluding hydrogens is 452 g/mol. The van der Waals surface area contributed by atoms with Crippen LogP contribution in [0, 0.1) is 0 Å². The summed E-state index contributed by atoms with van der Waals surface area (Å²) in [6, 6.07) is 18.0. The second kappa shape index (κ2) is 9.43. The number of rotatable bonds is 6. The second-order valence-electron chi connectivity index (χ2n) is 8.76. The van der Waals surface area contributed by atoms with Crippen LogP contribution in [0.25, 0.3) is 22.1 Å². The number of thiophene rings is 1. The molecule has 1 fully saturated rings. The maximum absolute atomic E-state index is 12.1. The van der Waals surface area contributed by atoms with Crippen molar-refractivity contribution in [3.05, 3.63) is 76.7 Å². The molecule has 2 aromatic carbocycles. The van der Waals surface area contributed by atoms with Crippen LogP contribution in [0.3, 0.4) is 0 Å². The highest BCUT2D eigenvalue weighted by atomic mass is 32.2. The molecule has 2 aromatic heterocycles. The summed E-state index contributed by atoms with van der Waals surface area (Å²) < 4.78 is 30.4. The molecule has 7 heteroatoms. The summed E-state index contributed by atoms with van der Waals surface area (Å²) in [6.07, 6.45) is 2.33. The summed E-state index contributed by atoms with van der Waals surface area (Å²) in [4.78, 5) is 5.23. The van der Waals surface area contributed by atoms with Crippen molar-refractivity contribution >= 4 is 32.1 Å². The highest BCUT2D eigenvalue weighted by molar-refractivity contribution is 7.90. The first-order chi connectivity index (χ1) is 16.0. The fourth-order valence-corrected chi connectivity index (χ4v) is 6.18. The van der Waals surface area contributed by atoms with Crippen molar-refractivity contribution in [1.29, 1.82) is 0 Å². The molecule has 0 aliphatic carbocycles. The van der Waals surface area contributed by atoms with Crippen molar-refractivity contribution in [2.45, 2.75) is 24.4 Å². The molecule has 0 spiro atoms. The lowest BCUT2D eigenvalue weighted by atomic mass is 10.1. The van der Waals surface area contributed by atoms with Crippen LogP contribution in [0.2, 0.25) is 0 Å². The van der Waals surface area contributed by atoms with E-state index >= 15 is 0 Å². The van der Waals surface area contributed by atoms with Crippen LogP contribution in [-0.2, 0) is 22.9 Å². The number of fused-ring (bicyclic) bond motifs is 1. The molecule has 1 saturated heterocycles. The summed E-state index contributed by atoms with van der Waals surface area (Å²) in [5, 5.41) is 5.41. The zero-order valence-corrected chi connectivity index (χ0v) is 20.4. The van der Waals surface area contributed by atoms with E-state index in [0.717, 1.165) is 61.4 Å². The third kappa shape index (κ3) is 5.22. The van der Waals surface area contributed by atoms with Gasteiger partial charge in [0.2, 0.25) is 0 Å². The number of benzene rings is 2. The minimum atomic E-state index is -3.22. The molecule has 0 saturated carbocycles. The van der Waals surface area contributed by atoms with Crippen LogP contribution in [-0.4, -0.2) is 50.7 Å². The third-order valence-electron chi connectivity index (χ3n) is 6.25. The van der Waals surface area contributed by atoms with Gasteiger partial charge < -0.3 is 4.42 Å². The van der Waals surface area contributed by atoms with Gasteiger partial charge in [0.1, 0.15) is 11.3 Å². The molecular formula is C26H28N2O3S2. The number of hydrogen-bond donors (Lipinski definition) is 0. The summed E-state index contributed by atoms with van der Waals surface area (Å²) in [6.45, 7) is 5.24. The van der Waals surface area contributed by atoms with Gasteiger partial charge in [0, 0.05) is 31.3 Å². The van der Waals surface area contributed by atoms with Gasteiger partial charge in [-0.1, -0.05) is 24.3 Å². The number of furan rings is 1. The highest BCUT2D eigenvalue weighted by Crippen LogP contribution is 2.28. The van der Waals surface area contributed by atoms with Crippen molar-refractivity contribution in [2.75, 3.05) is 32.4 Å². The molecule has 0 N–H and O–H groups in total. The van der Waals surface area contributed by atoms with Gasteiger partial charge in [0.25, 0.3) is 0 Å². The molecule has 1 aliphatic heterocycles. The van der Waals surface area contributed by atoms with E-state index in [1.807, 2.05) is 12.1 Å². The summed E-state index contributed by atoms with van der Waals surface area (Å²) >= 11 is 1.71. The molecule has 33 heavy (non-hydrogen) atoms. The van der Waals surface area contributed by atoms with Gasteiger partial charge in [-0.15, -0.1) is 0 Å². The van der Waals surface area contributed by atoms with Crippen LogP contribution in [0.4, 0.5) is 0 Å². The Labute approximate surface area is 199 Å². The minimum Gasteiger partial charge on any atom is -0.460 e. The smallest absolute Gasteiger partial charge is 0.175 e. The highest BCUT2D eigenvalue weighted by Gasteiger charge is 2.19. The van der Waals surface area contributed by atoms with E-state index in [0.29, 0.717) is 11.4 Å². The average Bonchev–Trinajstić information content (AvgIpc) is 3.40. The second-order valence-corrected chi connectivity index (χ2v) is 11.5. The van der Waals surface area contributed by atoms with E-state index in [9.17, 15) is 8.42 Å². The lowest BCUT2D eigenvalue weighted by molar-refractivity contribution is 0.235. The van der Waals surface area contributed by atoms with E-state index < -0.39 is 9.84 Å². The Bertz CT molecular complexity index is 1340. The van der Waals surface area contributed by atoms with E-state index in [-0.39, 0.29) is 0 Å². The first-order valence-corrected chi connectivity index (χ1v) is 14.1. The van der Waals surface area contributed by atoms with E-state index in [2.05, 4.69) is 50.9 Å². The van der Waals surface area contributed by atoms with Crippen molar-refractivity contribution in [3.8, 4) is 11.1 Å². The Kier molecular flexibility index (Phi) is 6.38. The maximum Gasteiger partial charge on any atom is 0.175 e. The van der Waals surface area contributed by atoms with Gasteiger partial charge in [0.05, 0.1) is 11.4 Å². The van der Waals surface area contributed by atoms with Gasteiger partial charge in [-0.3, -0.25) is 9.80 Å². The van der Waals surface area contributed by atoms with E-state index in [1.165, 1.54) is 17.4 Å². The topological polar surface area (TPSA) is 53.8 Å². The zero-order valence-electron chi connectivity index (χ0n) is 18.7. The first kappa shape index (κ1) is 22.3. The molecule has 172 valence electrons. The quantitative estimate of drug-likeness (QED) is 0.376. The van der Waals surface area contributed by atoms with Gasteiger partial charge in [0.15, 0.2) is 9.84 Å². The Balaban J connectivity index is 1.24. The lowest BCUT2D eigenvalue weighted by Gasteiger charge is -2.22. The summed E-state index contributed by atoms with van der Waals surface area (Å²) in [7, 11) is -3.22. The average molecular weight is 481 g/mol. The van der Waals surface area contributed by atoms with Crippen LogP contribution < -0.4 is 0 Å². The fourth-order valence-electron chi connectivity index (χ4n) is 4.58. The van der Waals surface area contributed by atoms with E-state index in [1.54, 1.807) is 23.5 Å². The molecule has 4 aromatic rings. The Morgan fingerprint density at radius 3 is 2.45 bits per heavy atom. The van der Waals surface area contributed by atoms with E-state index in [4.69, 9.17) is 4.42 Å². The van der Waals surface area contributed by atoms with Gasteiger partial charge in [-0.2, -0.15) is 11.3 Å². The van der Waals surface area contributed by atoms with Crippen molar-refractivity contribution in [3.63, 3.8) is 0 Å². The molecule has 0 bridgehead atoms. The minimum absolute atomic E-state index is 0.440. The molecule has 0 atom stereocenters. The van der Waals surface area contributed by atoms with Crippen LogP contribution in [0.5, 0.6) is 0 Å². The molecule has 1 aliphatic rings. The Morgan fingerprint density at radius 1 is 0.909 bits per heavy atom. The largest absolute Gasteiger partial charge is 0.460 e. The van der Waals surface area contributed by atoms with Crippen molar-refractivity contribution in [2.24, 2.45) is 0 Å². The molecule has 0 unspecified atom stereocenters. The fraction of sp³-hybridized carbons (Fsp3) is 0.308. The van der Waals surface area contributed by atoms with Crippen LogP contribution in [0.15, 0.2) is 74.7 Å². The molecule has 5 rings (SSSR count). The molecule has 5 nitrogen and oxygen atoms in total. The monoisotopic (exact) mass is 480 g/mol. The van der Waals surface area contributed by atoms with Gasteiger partial charge in [-0.25, -0.2) is 8.42 Å². The SMILES string of the molecule is CS(=O)(=O)c1ccccc1CN1CCCN(Cc2cc3cc(-c4ccsc4)ccc3o2)CC1. The zero-order chi connectivity index (χ0) is 22.8. The summed E-state index contributed by atoms with van der Waals surface area (Å²) in [5.74, 6) is 0.989. The van der Waals surface area contributed by atoms with Crippen LogP contribution >= 0.6 is 11.3 Å². The number of sulfone groups is 1. The number of nitrogens with zero attached hydrogens (tertiary/aromatic N) is 2. The number of hydrogen-bond acceptors (Lipinski definition) is 6. The molecule has 3 heterocycles. The predicted molar refractivity (Wildman–Crippen MR) is 134 cm³/mol. The first-order valence-electron chi connectivity index (χ1n) is 11.2. The Hall–Kier alpha value is -2.45. The third-order valence-corrected chi connectivity index (χ3v) is 8.13. The van der Waals surface area contributed by atoms with Crippen LogP contribution in [0.1, 0.15) is 17.7 Å².